The van der Waals surface area contributed by atoms with Gasteiger partial charge >= 0.3 is 0 Å². The Hall–Kier alpha value is -3.59. The van der Waals surface area contributed by atoms with Gasteiger partial charge in [0.05, 0.1) is 28.0 Å². The van der Waals surface area contributed by atoms with Gasteiger partial charge in [-0.1, -0.05) is 36.0 Å². The van der Waals surface area contributed by atoms with Gasteiger partial charge in [-0.05, 0) is 55.3 Å². The van der Waals surface area contributed by atoms with Crippen molar-refractivity contribution < 1.29 is 18.0 Å². The van der Waals surface area contributed by atoms with E-state index >= 15 is 0 Å². The SMILES string of the molecule is Cc1cccc(-n2c(SCC(=O)Nc3ccc(F)c(F)c3F)nc3ccccc3c2=O)c1C. The number of carbonyl (C=O) groups excluding carboxylic acids is 1. The van der Waals surface area contributed by atoms with Gasteiger partial charge in [-0.15, -0.1) is 0 Å². The van der Waals surface area contributed by atoms with E-state index in [1.54, 1.807) is 30.3 Å². The molecule has 0 aliphatic carbocycles. The number of nitrogens with zero attached hydrogens (tertiary/aromatic N) is 2. The van der Waals surface area contributed by atoms with Crippen molar-refractivity contribution in [3.8, 4) is 5.69 Å². The van der Waals surface area contributed by atoms with E-state index in [4.69, 9.17) is 0 Å². The Morgan fingerprint density at radius 1 is 1.00 bits per heavy atom. The third kappa shape index (κ3) is 4.36. The number of hydrogen-bond acceptors (Lipinski definition) is 4. The molecule has 1 N–H and O–H groups in total. The zero-order valence-electron chi connectivity index (χ0n) is 17.7. The fraction of sp³-hybridized carbons (Fsp3) is 0.125. The molecular formula is C24H18F3N3O2S. The summed E-state index contributed by atoms with van der Waals surface area (Å²) in [6, 6.07) is 14.1. The number of halogens is 3. The van der Waals surface area contributed by atoms with Crippen molar-refractivity contribution in [2.45, 2.75) is 19.0 Å². The van der Waals surface area contributed by atoms with Gasteiger partial charge in [0.1, 0.15) is 0 Å². The van der Waals surface area contributed by atoms with Crippen LogP contribution in [0.25, 0.3) is 16.6 Å². The van der Waals surface area contributed by atoms with E-state index in [0.29, 0.717) is 16.6 Å². The molecule has 0 spiro atoms. The predicted octanol–water partition coefficient (Wildman–Crippen LogP) is 5.15. The molecule has 3 aromatic carbocycles. The topological polar surface area (TPSA) is 64.0 Å². The van der Waals surface area contributed by atoms with Crippen molar-refractivity contribution in [3.63, 3.8) is 0 Å². The van der Waals surface area contributed by atoms with Gasteiger partial charge in [-0.25, -0.2) is 18.2 Å². The highest BCUT2D eigenvalue weighted by Crippen LogP contribution is 2.25. The van der Waals surface area contributed by atoms with Crippen molar-refractivity contribution in [3.05, 3.63) is 93.5 Å². The van der Waals surface area contributed by atoms with Crippen LogP contribution in [0.4, 0.5) is 18.9 Å². The fourth-order valence-corrected chi connectivity index (χ4v) is 4.14. The van der Waals surface area contributed by atoms with Crippen LogP contribution in [0.2, 0.25) is 0 Å². The quantitative estimate of drug-likeness (QED) is 0.249. The van der Waals surface area contributed by atoms with Gasteiger partial charge in [0.2, 0.25) is 5.91 Å². The highest BCUT2D eigenvalue weighted by molar-refractivity contribution is 7.99. The van der Waals surface area contributed by atoms with Crippen LogP contribution < -0.4 is 10.9 Å². The molecule has 0 aliphatic heterocycles. The largest absolute Gasteiger partial charge is 0.323 e. The molecule has 9 heteroatoms. The second-order valence-corrected chi connectivity index (χ2v) is 8.27. The number of rotatable bonds is 5. The van der Waals surface area contributed by atoms with Crippen molar-refractivity contribution in [1.82, 2.24) is 9.55 Å². The lowest BCUT2D eigenvalue weighted by atomic mass is 10.1. The van der Waals surface area contributed by atoms with E-state index in [1.807, 2.05) is 26.0 Å². The summed E-state index contributed by atoms with van der Waals surface area (Å²) in [5.41, 5.74) is 2.20. The summed E-state index contributed by atoms with van der Waals surface area (Å²) < 4.78 is 41.9. The van der Waals surface area contributed by atoms with Crippen LogP contribution in [0.1, 0.15) is 11.1 Å². The van der Waals surface area contributed by atoms with E-state index in [0.717, 1.165) is 35.0 Å². The molecule has 168 valence electrons. The third-order valence-electron chi connectivity index (χ3n) is 5.20. The monoisotopic (exact) mass is 469 g/mol. The summed E-state index contributed by atoms with van der Waals surface area (Å²) in [5.74, 6) is -5.41. The van der Waals surface area contributed by atoms with Gasteiger partial charge in [0.25, 0.3) is 5.56 Å². The average Bonchev–Trinajstić information content (AvgIpc) is 2.80. The molecule has 1 heterocycles. The van der Waals surface area contributed by atoms with Crippen LogP contribution in [-0.4, -0.2) is 21.2 Å². The van der Waals surface area contributed by atoms with E-state index in [9.17, 15) is 22.8 Å². The van der Waals surface area contributed by atoms with Crippen molar-refractivity contribution in [2.75, 3.05) is 11.1 Å². The number of fused-ring (bicyclic) bond motifs is 1. The van der Waals surface area contributed by atoms with Crippen LogP contribution in [0.3, 0.4) is 0 Å². The van der Waals surface area contributed by atoms with Crippen molar-refractivity contribution >= 4 is 34.3 Å². The van der Waals surface area contributed by atoms with Gasteiger partial charge in [0.15, 0.2) is 22.6 Å². The molecule has 1 aromatic heterocycles. The maximum atomic E-state index is 13.9. The van der Waals surface area contributed by atoms with E-state index in [1.165, 1.54) is 4.57 Å². The zero-order chi connectivity index (χ0) is 23.7. The lowest BCUT2D eigenvalue weighted by Crippen LogP contribution is -2.24. The molecule has 0 aliphatic rings. The minimum Gasteiger partial charge on any atom is -0.323 e. The Bertz CT molecular complexity index is 1450. The number of aromatic nitrogens is 2. The van der Waals surface area contributed by atoms with Gasteiger partial charge in [0, 0.05) is 0 Å². The fourth-order valence-electron chi connectivity index (χ4n) is 3.34. The minimum atomic E-state index is -1.67. The van der Waals surface area contributed by atoms with E-state index in [-0.39, 0.29) is 16.5 Å². The van der Waals surface area contributed by atoms with Crippen LogP contribution >= 0.6 is 11.8 Å². The number of amides is 1. The number of anilines is 1. The maximum absolute atomic E-state index is 13.9. The molecule has 0 bridgehead atoms. The lowest BCUT2D eigenvalue weighted by molar-refractivity contribution is -0.113. The summed E-state index contributed by atoms with van der Waals surface area (Å²) in [6.45, 7) is 3.81. The first-order valence-corrected chi connectivity index (χ1v) is 10.9. The molecule has 0 fully saturated rings. The number of thioether (sulfide) groups is 1. The average molecular weight is 469 g/mol. The molecule has 0 saturated heterocycles. The number of aryl methyl sites for hydroxylation is 1. The van der Waals surface area contributed by atoms with Gasteiger partial charge < -0.3 is 5.32 Å². The third-order valence-corrected chi connectivity index (χ3v) is 6.14. The Balaban J connectivity index is 1.70. The minimum absolute atomic E-state index is 0.242. The number of para-hydroxylation sites is 1. The molecule has 0 saturated carbocycles. The second-order valence-electron chi connectivity index (χ2n) is 7.33. The number of carbonyl (C=O) groups is 1. The van der Waals surface area contributed by atoms with Crippen LogP contribution in [0.5, 0.6) is 0 Å². The van der Waals surface area contributed by atoms with Crippen LogP contribution in [-0.2, 0) is 4.79 Å². The molecule has 0 radical (unpaired) electrons. The van der Waals surface area contributed by atoms with E-state index in [2.05, 4.69) is 10.3 Å². The Labute approximate surface area is 191 Å². The zero-order valence-corrected chi connectivity index (χ0v) is 18.5. The highest BCUT2D eigenvalue weighted by atomic mass is 32.2. The molecular weight excluding hydrogens is 451 g/mol. The summed E-state index contributed by atoms with van der Waals surface area (Å²) >= 11 is 0.976. The van der Waals surface area contributed by atoms with Gasteiger partial charge in [-0.2, -0.15) is 0 Å². The maximum Gasteiger partial charge on any atom is 0.266 e. The summed E-state index contributed by atoms with van der Waals surface area (Å²) in [7, 11) is 0. The molecule has 0 unspecified atom stereocenters. The normalized spacial score (nSPS) is 11.1. The predicted molar refractivity (Wildman–Crippen MR) is 122 cm³/mol. The summed E-state index contributed by atoms with van der Waals surface area (Å²) in [6.07, 6.45) is 0. The smallest absolute Gasteiger partial charge is 0.266 e. The summed E-state index contributed by atoms with van der Waals surface area (Å²) in [5, 5.41) is 2.92. The Morgan fingerprint density at radius 3 is 2.55 bits per heavy atom. The van der Waals surface area contributed by atoms with Crippen LogP contribution in [0.15, 0.2) is 64.5 Å². The van der Waals surface area contributed by atoms with Crippen LogP contribution in [0, 0.1) is 31.3 Å². The Kier molecular flexibility index (Phi) is 6.24. The standard InChI is InChI=1S/C24H18F3N3O2S/c1-13-6-5-9-19(14(13)2)30-23(32)15-7-3-4-8-17(15)29-24(30)33-12-20(31)28-18-11-10-16(25)21(26)22(18)27/h3-11H,12H2,1-2H3,(H,28,31). The highest BCUT2D eigenvalue weighted by Gasteiger charge is 2.18. The number of benzene rings is 3. The molecule has 5 nitrogen and oxygen atoms in total. The van der Waals surface area contributed by atoms with Crippen molar-refractivity contribution in [1.29, 1.82) is 0 Å². The van der Waals surface area contributed by atoms with E-state index < -0.39 is 29.0 Å². The first-order valence-electron chi connectivity index (χ1n) is 9.92. The molecule has 0 atom stereocenters. The molecule has 1 amide bonds. The lowest BCUT2D eigenvalue weighted by Gasteiger charge is -2.16. The first kappa shape index (κ1) is 22.6. The number of hydrogen-bond donors (Lipinski definition) is 1. The molecule has 4 rings (SSSR count). The summed E-state index contributed by atoms with van der Waals surface area (Å²) in [4.78, 5) is 30.3. The Morgan fingerprint density at radius 2 is 1.76 bits per heavy atom. The first-order chi connectivity index (χ1) is 15.8. The number of nitrogens with one attached hydrogen (secondary N) is 1. The van der Waals surface area contributed by atoms with Crippen molar-refractivity contribution in [2.24, 2.45) is 0 Å². The second kappa shape index (κ2) is 9.11. The molecule has 33 heavy (non-hydrogen) atoms. The van der Waals surface area contributed by atoms with Gasteiger partial charge in [-0.3, -0.25) is 14.2 Å². The molecule has 4 aromatic rings.